The highest BCUT2D eigenvalue weighted by Crippen LogP contribution is 2.25. The molecule has 2 rings (SSSR count). The maximum Gasteiger partial charge on any atom is 0.0594 e. The molecule has 0 aromatic heterocycles. The lowest BCUT2D eigenvalue weighted by Gasteiger charge is -2.30. The Kier molecular flexibility index (Phi) is 5.27. The van der Waals surface area contributed by atoms with Crippen LogP contribution in [0.1, 0.15) is 11.5 Å². The van der Waals surface area contributed by atoms with Gasteiger partial charge in [0.1, 0.15) is 0 Å². The smallest absolute Gasteiger partial charge is 0.0594 e. The summed E-state index contributed by atoms with van der Waals surface area (Å²) >= 11 is 12.1. The van der Waals surface area contributed by atoms with E-state index in [9.17, 15) is 0 Å². The van der Waals surface area contributed by atoms with Crippen molar-refractivity contribution < 1.29 is 4.74 Å². The van der Waals surface area contributed by atoms with Crippen molar-refractivity contribution in [3.8, 4) is 0 Å². The zero-order valence-corrected chi connectivity index (χ0v) is 11.8. The van der Waals surface area contributed by atoms with Gasteiger partial charge in [0.25, 0.3) is 0 Å². The predicted molar refractivity (Wildman–Crippen MR) is 75.5 cm³/mol. The molecule has 0 amide bonds. The van der Waals surface area contributed by atoms with Crippen molar-refractivity contribution in [2.45, 2.75) is 5.92 Å². The third-order valence-electron chi connectivity index (χ3n) is 3.22. The number of rotatable bonds is 4. The highest BCUT2D eigenvalue weighted by molar-refractivity contribution is 6.34. The average Bonchev–Trinajstić information content (AvgIpc) is 2.36. The Labute approximate surface area is 118 Å². The number of morpholine rings is 1. The molecule has 1 fully saturated rings. The third kappa shape index (κ3) is 3.84. The van der Waals surface area contributed by atoms with E-state index < -0.39 is 0 Å². The molecule has 0 radical (unpaired) electrons. The number of hydrogen-bond donors (Lipinski definition) is 1. The Balaban J connectivity index is 2.06. The summed E-state index contributed by atoms with van der Waals surface area (Å²) in [6, 6.07) is 5.64. The summed E-state index contributed by atoms with van der Waals surface area (Å²) < 4.78 is 5.34. The fourth-order valence-electron chi connectivity index (χ4n) is 2.22. The number of ether oxygens (including phenoxy) is 1. The van der Waals surface area contributed by atoms with Crippen LogP contribution >= 0.6 is 23.2 Å². The summed E-state index contributed by atoms with van der Waals surface area (Å²) in [5.41, 5.74) is 6.99. The number of halogens is 2. The molecule has 1 aromatic carbocycles. The molecule has 1 atom stereocenters. The van der Waals surface area contributed by atoms with Gasteiger partial charge in [-0.25, -0.2) is 0 Å². The average molecular weight is 289 g/mol. The van der Waals surface area contributed by atoms with E-state index in [2.05, 4.69) is 4.90 Å². The molecule has 3 nitrogen and oxygen atoms in total. The van der Waals surface area contributed by atoms with Crippen LogP contribution in [0.15, 0.2) is 18.2 Å². The molecule has 0 saturated carbocycles. The van der Waals surface area contributed by atoms with Gasteiger partial charge in [-0.05, 0) is 23.8 Å². The second-order valence-electron chi connectivity index (χ2n) is 4.55. The van der Waals surface area contributed by atoms with Crippen LogP contribution in [0.5, 0.6) is 0 Å². The minimum absolute atomic E-state index is 0.263. The Morgan fingerprint density at radius 3 is 2.33 bits per heavy atom. The monoisotopic (exact) mass is 288 g/mol. The Morgan fingerprint density at radius 1 is 1.17 bits per heavy atom. The number of nitrogens with zero attached hydrogens (tertiary/aromatic N) is 1. The molecule has 1 unspecified atom stereocenters. The van der Waals surface area contributed by atoms with Crippen LogP contribution < -0.4 is 5.73 Å². The quantitative estimate of drug-likeness (QED) is 0.925. The molecule has 1 heterocycles. The molecular formula is C13H18Cl2N2O. The standard InChI is InChI=1S/C13H18Cl2N2O/c14-12-5-10(6-13(15)7-12)11(8-16)9-17-1-3-18-4-2-17/h5-7,11H,1-4,8-9,16H2. The van der Waals surface area contributed by atoms with Gasteiger partial charge in [0, 0.05) is 42.1 Å². The van der Waals surface area contributed by atoms with E-state index in [0.717, 1.165) is 38.4 Å². The molecule has 2 N–H and O–H groups in total. The Bertz CT molecular complexity index is 374. The van der Waals surface area contributed by atoms with Gasteiger partial charge < -0.3 is 10.5 Å². The Hall–Kier alpha value is -0.320. The van der Waals surface area contributed by atoms with Gasteiger partial charge >= 0.3 is 0 Å². The molecule has 100 valence electrons. The minimum atomic E-state index is 0.263. The number of nitrogens with two attached hydrogens (primary N) is 1. The molecule has 1 aliphatic heterocycles. The van der Waals surface area contributed by atoms with E-state index in [0.29, 0.717) is 16.6 Å². The van der Waals surface area contributed by atoms with E-state index in [1.807, 2.05) is 12.1 Å². The van der Waals surface area contributed by atoms with Crippen LogP contribution in [-0.4, -0.2) is 44.3 Å². The lowest BCUT2D eigenvalue weighted by Crippen LogP contribution is -2.40. The molecule has 1 aromatic rings. The molecule has 0 aliphatic carbocycles. The van der Waals surface area contributed by atoms with Crippen LogP contribution in [0.25, 0.3) is 0 Å². The van der Waals surface area contributed by atoms with Crippen LogP contribution in [0.4, 0.5) is 0 Å². The first-order valence-corrected chi connectivity index (χ1v) is 6.91. The lowest BCUT2D eigenvalue weighted by molar-refractivity contribution is 0.0353. The van der Waals surface area contributed by atoms with E-state index in [1.165, 1.54) is 0 Å². The summed E-state index contributed by atoms with van der Waals surface area (Å²) in [7, 11) is 0. The zero-order valence-electron chi connectivity index (χ0n) is 10.2. The van der Waals surface area contributed by atoms with Gasteiger partial charge in [-0.1, -0.05) is 23.2 Å². The Morgan fingerprint density at radius 2 is 1.78 bits per heavy atom. The van der Waals surface area contributed by atoms with Gasteiger partial charge in [-0.3, -0.25) is 4.90 Å². The molecule has 1 saturated heterocycles. The molecule has 1 aliphatic rings. The van der Waals surface area contributed by atoms with Gasteiger partial charge in [-0.15, -0.1) is 0 Å². The predicted octanol–water partition coefficient (Wildman–Crippen LogP) is 2.37. The largest absolute Gasteiger partial charge is 0.379 e. The highest BCUT2D eigenvalue weighted by atomic mass is 35.5. The fraction of sp³-hybridized carbons (Fsp3) is 0.538. The van der Waals surface area contributed by atoms with Crippen molar-refractivity contribution in [3.05, 3.63) is 33.8 Å². The van der Waals surface area contributed by atoms with Gasteiger partial charge in [0.2, 0.25) is 0 Å². The maximum atomic E-state index is 6.04. The van der Waals surface area contributed by atoms with E-state index in [4.69, 9.17) is 33.7 Å². The fourth-order valence-corrected chi connectivity index (χ4v) is 2.77. The van der Waals surface area contributed by atoms with Crippen molar-refractivity contribution >= 4 is 23.2 Å². The van der Waals surface area contributed by atoms with Gasteiger partial charge in [-0.2, -0.15) is 0 Å². The second kappa shape index (κ2) is 6.73. The topological polar surface area (TPSA) is 38.5 Å². The van der Waals surface area contributed by atoms with Crippen molar-refractivity contribution in [3.63, 3.8) is 0 Å². The van der Waals surface area contributed by atoms with Crippen LogP contribution in [0.2, 0.25) is 10.0 Å². The van der Waals surface area contributed by atoms with Crippen molar-refractivity contribution in [2.24, 2.45) is 5.73 Å². The van der Waals surface area contributed by atoms with E-state index in [1.54, 1.807) is 6.07 Å². The second-order valence-corrected chi connectivity index (χ2v) is 5.42. The lowest BCUT2D eigenvalue weighted by atomic mass is 9.98. The maximum absolute atomic E-state index is 6.04. The van der Waals surface area contributed by atoms with Gasteiger partial charge in [0.05, 0.1) is 13.2 Å². The first kappa shape index (κ1) is 14.1. The molecule has 0 bridgehead atoms. The van der Waals surface area contributed by atoms with Crippen LogP contribution in [-0.2, 0) is 4.74 Å². The van der Waals surface area contributed by atoms with Crippen molar-refractivity contribution in [2.75, 3.05) is 39.4 Å². The summed E-state index contributed by atoms with van der Waals surface area (Å²) in [5.74, 6) is 0.263. The summed E-state index contributed by atoms with van der Waals surface area (Å²) in [5, 5.41) is 1.33. The molecule has 18 heavy (non-hydrogen) atoms. The van der Waals surface area contributed by atoms with Crippen LogP contribution in [0.3, 0.4) is 0 Å². The molecule has 0 spiro atoms. The first-order valence-electron chi connectivity index (χ1n) is 6.15. The zero-order chi connectivity index (χ0) is 13.0. The van der Waals surface area contributed by atoms with Crippen molar-refractivity contribution in [1.82, 2.24) is 4.90 Å². The van der Waals surface area contributed by atoms with Crippen LogP contribution in [0, 0.1) is 0 Å². The van der Waals surface area contributed by atoms with Gasteiger partial charge in [0.15, 0.2) is 0 Å². The summed E-state index contributed by atoms with van der Waals surface area (Å²) in [4.78, 5) is 2.37. The first-order chi connectivity index (χ1) is 8.69. The summed E-state index contributed by atoms with van der Waals surface area (Å²) in [6.45, 7) is 5.04. The minimum Gasteiger partial charge on any atom is -0.379 e. The molecular weight excluding hydrogens is 271 g/mol. The normalized spacial score (nSPS) is 18.8. The molecule has 5 heteroatoms. The highest BCUT2D eigenvalue weighted by Gasteiger charge is 2.17. The van der Waals surface area contributed by atoms with Crippen molar-refractivity contribution in [1.29, 1.82) is 0 Å². The van der Waals surface area contributed by atoms with E-state index in [-0.39, 0.29) is 5.92 Å². The number of hydrogen-bond acceptors (Lipinski definition) is 3. The third-order valence-corrected chi connectivity index (χ3v) is 3.66. The SMILES string of the molecule is NCC(CN1CCOCC1)c1cc(Cl)cc(Cl)c1. The van der Waals surface area contributed by atoms with E-state index >= 15 is 0 Å². The summed E-state index contributed by atoms with van der Waals surface area (Å²) in [6.07, 6.45) is 0. The number of benzene rings is 1.